The molecule has 1 amide bonds. The molecule has 1 atom stereocenters. The van der Waals surface area contributed by atoms with E-state index in [4.69, 9.17) is 4.74 Å². The van der Waals surface area contributed by atoms with E-state index in [1.165, 1.54) is 18.7 Å². The first-order chi connectivity index (χ1) is 15.2. The topological polar surface area (TPSA) is 55.4 Å². The van der Waals surface area contributed by atoms with E-state index >= 15 is 0 Å². The Hall–Kier alpha value is -3.26. The van der Waals surface area contributed by atoms with Crippen LogP contribution in [0.4, 0.5) is 13.2 Å². The Kier molecular flexibility index (Phi) is 7.58. The van der Waals surface area contributed by atoms with E-state index < -0.39 is 24.1 Å². The molecule has 0 saturated heterocycles. The Morgan fingerprint density at radius 3 is 2.38 bits per heavy atom. The molecule has 32 heavy (non-hydrogen) atoms. The lowest BCUT2D eigenvalue weighted by Crippen LogP contribution is -2.42. The molecule has 0 aliphatic carbocycles. The molecule has 0 saturated carbocycles. The van der Waals surface area contributed by atoms with Gasteiger partial charge in [-0.05, 0) is 55.3 Å². The number of esters is 1. The third-order valence-corrected chi connectivity index (χ3v) is 5.49. The van der Waals surface area contributed by atoms with Gasteiger partial charge >= 0.3 is 18.1 Å². The number of nitrogens with one attached hydrogen (secondary N) is 1. The molecule has 8 heteroatoms. The van der Waals surface area contributed by atoms with Crippen LogP contribution in [0.2, 0.25) is 0 Å². The summed E-state index contributed by atoms with van der Waals surface area (Å²) in [6, 6.07) is 22.2. The second-order valence-corrected chi connectivity index (χ2v) is 8.13. The predicted molar refractivity (Wildman–Crippen MR) is 116 cm³/mol. The molecule has 0 radical (unpaired) electrons. The summed E-state index contributed by atoms with van der Waals surface area (Å²) in [4.78, 5) is 25.1. The number of carbonyl (C=O) groups excluding carboxylic acids is 2. The average molecular weight is 459 g/mol. The fraction of sp³-hybridized carbons (Fsp3) is 0.167. The molecule has 4 nitrogen and oxygen atoms in total. The molecule has 0 spiro atoms. The Bertz CT molecular complexity index is 1090. The van der Waals surface area contributed by atoms with Gasteiger partial charge in [0, 0.05) is 15.8 Å². The van der Waals surface area contributed by atoms with Gasteiger partial charge < -0.3 is 10.1 Å². The van der Waals surface area contributed by atoms with Crippen LogP contribution in [0.25, 0.3) is 0 Å². The van der Waals surface area contributed by atoms with Crippen molar-refractivity contribution in [3.63, 3.8) is 0 Å². The van der Waals surface area contributed by atoms with Gasteiger partial charge in [0.2, 0.25) is 0 Å². The first kappa shape index (κ1) is 23.4. The van der Waals surface area contributed by atoms with Gasteiger partial charge in [0.05, 0.1) is 5.56 Å². The maximum absolute atomic E-state index is 12.5. The van der Waals surface area contributed by atoms with Gasteiger partial charge in [0.1, 0.15) is 5.75 Å². The van der Waals surface area contributed by atoms with Crippen molar-refractivity contribution in [1.82, 2.24) is 5.32 Å². The van der Waals surface area contributed by atoms with Crippen LogP contribution in [0.3, 0.4) is 0 Å². The minimum atomic E-state index is -4.92. The fourth-order valence-electron chi connectivity index (χ4n) is 2.93. The summed E-state index contributed by atoms with van der Waals surface area (Å²) in [5, 5.41) is 1.97. The van der Waals surface area contributed by atoms with Crippen LogP contribution in [0.1, 0.15) is 22.8 Å². The van der Waals surface area contributed by atoms with Crippen LogP contribution in [-0.4, -0.2) is 24.1 Å². The summed E-state index contributed by atoms with van der Waals surface area (Å²) >= 11 is 1.39. The Labute approximate surface area is 187 Å². The molecule has 0 aromatic heterocycles. The second kappa shape index (κ2) is 10.4. The Morgan fingerprint density at radius 1 is 0.969 bits per heavy atom. The summed E-state index contributed by atoms with van der Waals surface area (Å²) in [5.41, 5.74) is 1.23. The van der Waals surface area contributed by atoms with Crippen molar-refractivity contribution in [2.75, 3.05) is 0 Å². The summed E-state index contributed by atoms with van der Waals surface area (Å²) in [7, 11) is 0. The molecule has 0 fully saturated rings. The van der Waals surface area contributed by atoms with E-state index in [9.17, 15) is 22.8 Å². The molecule has 3 aromatic carbocycles. The SMILES string of the molecule is CC(Cc1ccccc1Sc1cccc(OC(=O)c2ccccc2)c1)NC(=O)C(F)(F)F. The van der Waals surface area contributed by atoms with Crippen molar-refractivity contribution in [3.8, 4) is 5.75 Å². The average Bonchev–Trinajstić information content (AvgIpc) is 2.75. The van der Waals surface area contributed by atoms with Gasteiger partial charge in [-0.15, -0.1) is 0 Å². The lowest BCUT2D eigenvalue weighted by Gasteiger charge is -2.17. The smallest absolute Gasteiger partial charge is 0.423 e. The summed E-state index contributed by atoms with van der Waals surface area (Å²) in [6.07, 6.45) is -4.69. The van der Waals surface area contributed by atoms with Crippen LogP contribution in [0.15, 0.2) is 88.7 Å². The molecule has 166 valence electrons. The number of hydrogen-bond donors (Lipinski definition) is 1. The van der Waals surface area contributed by atoms with E-state index in [-0.39, 0.29) is 6.42 Å². The zero-order valence-electron chi connectivity index (χ0n) is 17.1. The highest BCUT2D eigenvalue weighted by Gasteiger charge is 2.39. The van der Waals surface area contributed by atoms with Gasteiger partial charge in [0.15, 0.2) is 0 Å². The monoisotopic (exact) mass is 459 g/mol. The van der Waals surface area contributed by atoms with Crippen LogP contribution < -0.4 is 10.1 Å². The quantitative estimate of drug-likeness (QED) is 0.366. The normalized spacial score (nSPS) is 12.1. The van der Waals surface area contributed by atoms with Crippen LogP contribution in [-0.2, 0) is 11.2 Å². The maximum Gasteiger partial charge on any atom is 0.471 e. The van der Waals surface area contributed by atoms with E-state index in [2.05, 4.69) is 0 Å². The number of carbonyl (C=O) groups is 2. The Morgan fingerprint density at radius 2 is 1.66 bits per heavy atom. The standard InChI is InChI=1S/C24H20F3NO3S/c1-16(28-23(30)24(25,26)27)14-18-10-5-6-13-21(18)32-20-12-7-11-19(15-20)31-22(29)17-8-3-2-4-9-17/h2-13,15-16H,14H2,1H3,(H,28,30). The number of amides is 1. The van der Waals surface area contributed by atoms with Crippen molar-refractivity contribution in [2.45, 2.75) is 35.4 Å². The van der Waals surface area contributed by atoms with Gasteiger partial charge in [-0.1, -0.05) is 54.2 Å². The van der Waals surface area contributed by atoms with E-state index in [1.807, 2.05) is 23.5 Å². The second-order valence-electron chi connectivity index (χ2n) is 7.02. The molecule has 3 aromatic rings. The molecule has 0 bridgehead atoms. The lowest BCUT2D eigenvalue weighted by molar-refractivity contribution is -0.174. The zero-order valence-corrected chi connectivity index (χ0v) is 17.9. The fourth-order valence-corrected chi connectivity index (χ4v) is 3.93. The van der Waals surface area contributed by atoms with Gasteiger partial charge in [-0.3, -0.25) is 4.79 Å². The third kappa shape index (κ3) is 6.62. The van der Waals surface area contributed by atoms with E-state index in [0.717, 1.165) is 15.4 Å². The summed E-state index contributed by atoms with van der Waals surface area (Å²) < 4.78 is 42.9. The highest BCUT2D eigenvalue weighted by atomic mass is 32.2. The third-order valence-electron chi connectivity index (χ3n) is 4.39. The number of halogens is 3. The number of hydrogen-bond acceptors (Lipinski definition) is 4. The van der Waals surface area contributed by atoms with E-state index in [0.29, 0.717) is 11.3 Å². The highest BCUT2D eigenvalue weighted by Crippen LogP contribution is 2.33. The largest absolute Gasteiger partial charge is 0.471 e. The molecular formula is C24H20F3NO3S. The van der Waals surface area contributed by atoms with Crippen molar-refractivity contribution in [2.24, 2.45) is 0 Å². The Balaban J connectivity index is 1.70. The van der Waals surface area contributed by atoms with Crippen LogP contribution in [0.5, 0.6) is 5.75 Å². The van der Waals surface area contributed by atoms with Gasteiger partial charge in [-0.25, -0.2) is 4.79 Å². The van der Waals surface area contributed by atoms with Crippen molar-refractivity contribution in [3.05, 3.63) is 90.0 Å². The number of benzene rings is 3. The number of ether oxygens (including phenoxy) is 1. The van der Waals surface area contributed by atoms with Crippen LogP contribution >= 0.6 is 11.8 Å². The first-order valence-corrected chi connectivity index (χ1v) is 10.5. The molecule has 3 rings (SSSR count). The predicted octanol–water partition coefficient (Wildman–Crippen LogP) is 5.67. The molecule has 0 aliphatic heterocycles. The molecular weight excluding hydrogens is 439 g/mol. The van der Waals surface area contributed by atoms with Crippen molar-refractivity contribution in [1.29, 1.82) is 0 Å². The van der Waals surface area contributed by atoms with Crippen molar-refractivity contribution < 1.29 is 27.5 Å². The van der Waals surface area contributed by atoms with Gasteiger partial charge in [-0.2, -0.15) is 13.2 Å². The molecule has 0 aliphatic rings. The minimum absolute atomic E-state index is 0.230. The lowest BCUT2D eigenvalue weighted by atomic mass is 10.1. The summed E-state index contributed by atoms with van der Waals surface area (Å²) in [6.45, 7) is 1.52. The van der Waals surface area contributed by atoms with Crippen molar-refractivity contribution >= 4 is 23.6 Å². The van der Waals surface area contributed by atoms with E-state index in [1.54, 1.807) is 60.7 Å². The number of alkyl halides is 3. The maximum atomic E-state index is 12.5. The first-order valence-electron chi connectivity index (χ1n) is 9.73. The number of rotatable bonds is 7. The molecule has 1 unspecified atom stereocenters. The molecule has 1 N–H and O–H groups in total. The van der Waals surface area contributed by atoms with Gasteiger partial charge in [0.25, 0.3) is 0 Å². The summed E-state index contributed by atoms with van der Waals surface area (Å²) in [5.74, 6) is -2.04. The zero-order chi connectivity index (χ0) is 23.1. The minimum Gasteiger partial charge on any atom is -0.423 e. The van der Waals surface area contributed by atoms with Crippen LogP contribution in [0, 0.1) is 0 Å². The molecule has 0 heterocycles. The highest BCUT2D eigenvalue weighted by molar-refractivity contribution is 7.99.